The lowest BCUT2D eigenvalue weighted by molar-refractivity contribution is 0.0675. The fourth-order valence-electron chi connectivity index (χ4n) is 2.75. The normalized spacial score (nSPS) is 17.3. The first-order valence-electron chi connectivity index (χ1n) is 7.32. The van der Waals surface area contributed by atoms with Gasteiger partial charge in [0.25, 0.3) is 5.91 Å². The zero-order valence-corrected chi connectivity index (χ0v) is 13.6. The number of thiazole rings is 1. The highest BCUT2D eigenvalue weighted by Crippen LogP contribution is 2.36. The molecule has 0 saturated carbocycles. The van der Waals surface area contributed by atoms with Gasteiger partial charge in [-0.15, -0.1) is 11.3 Å². The van der Waals surface area contributed by atoms with Crippen LogP contribution in [0.4, 0.5) is 0 Å². The van der Waals surface area contributed by atoms with Crippen molar-refractivity contribution in [2.24, 2.45) is 0 Å². The lowest BCUT2D eigenvalue weighted by Gasteiger charge is -2.38. The predicted octanol–water partition coefficient (Wildman–Crippen LogP) is 2.74. The minimum absolute atomic E-state index is 0.0383. The highest BCUT2D eigenvalue weighted by molar-refractivity contribution is 7.09. The Morgan fingerprint density at radius 2 is 2.09 bits per heavy atom. The first-order chi connectivity index (χ1) is 10.6. The quantitative estimate of drug-likeness (QED) is 0.873. The number of aromatic nitrogens is 2. The standard InChI is InChI=1S/C16H19N3O2S/c1-16(15-17-7-10-22-15)5-8-19(9-6-16)14(20)12-3-4-13(21-2)18-11-12/h3-4,7,10-11H,5-6,8-9H2,1-2H3. The Bertz CT molecular complexity index is 632. The summed E-state index contributed by atoms with van der Waals surface area (Å²) in [5.74, 6) is 0.558. The van der Waals surface area contributed by atoms with Gasteiger partial charge in [-0.2, -0.15) is 0 Å². The summed E-state index contributed by atoms with van der Waals surface area (Å²) in [6.45, 7) is 3.74. The Morgan fingerprint density at radius 1 is 1.32 bits per heavy atom. The summed E-state index contributed by atoms with van der Waals surface area (Å²) in [4.78, 5) is 23.0. The molecule has 0 spiro atoms. The molecule has 0 N–H and O–H groups in total. The summed E-state index contributed by atoms with van der Waals surface area (Å²) >= 11 is 1.70. The van der Waals surface area contributed by atoms with Crippen molar-refractivity contribution in [3.8, 4) is 5.88 Å². The Morgan fingerprint density at radius 3 is 2.64 bits per heavy atom. The van der Waals surface area contributed by atoms with E-state index >= 15 is 0 Å². The first-order valence-corrected chi connectivity index (χ1v) is 8.20. The molecule has 1 fully saturated rings. The van der Waals surface area contributed by atoms with Gasteiger partial charge in [-0.3, -0.25) is 4.79 Å². The highest BCUT2D eigenvalue weighted by Gasteiger charge is 2.35. The molecule has 2 aromatic rings. The van der Waals surface area contributed by atoms with Crippen LogP contribution in [-0.2, 0) is 5.41 Å². The lowest BCUT2D eigenvalue weighted by atomic mass is 9.81. The summed E-state index contributed by atoms with van der Waals surface area (Å²) in [7, 11) is 1.56. The minimum Gasteiger partial charge on any atom is -0.481 e. The summed E-state index contributed by atoms with van der Waals surface area (Å²) in [6, 6.07) is 3.49. The first kappa shape index (κ1) is 15.0. The molecular formula is C16H19N3O2S. The highest BCUT2D eigenvalue weighted by atomic mass is 32.1. The molecule has 2 aromatic heterocycles. The number of piperidine rings is 1. The van der Waals surface area contributed by atoms with Crippen molar-refractivity contribution in [3.63, 3.8) is 0 Å². The van der Waals surface area contributed by atoms with E-state index < -0.39 is 0 Å². The number of nitrogens with zero attached hydrogens (tertiary/aromatic N) is 3. The maximum atomic E-state index is 12.5. The van der Waals surface area contributed by atoms with E-state index in [2.05, 4.69) is 16.9 Å². The number of carbonyl (C=O) groups excluding carboxylic acids is 1. The molecule has 0 aromatic carbocycles. The van der Waals surface area contributed by atoms with Crippen LogP contribution < -0.4 is 4.74 Å². The van der Waals surface area contributed by atoms with Gasteiger partial charge in [0.2, 0.25) is 5.88 Å². The van der Waals surface area contributed by atoms with Crippen LogP contribution in [0.25, 0.3) is 0 Å². The van der Waals surface area contributed by atoms with E-state index in [4.69, 9.17) is 4.74 Å². The number of likely N-dealkylation sites (tertiary alicyclic amines) is 1. The summed E-state index contributed by atoms with van der Waals surface area (Å²) in [5, 5.41) is 3.19. The molecule has 1 saturated heterocycles. The van der Waals surface area contributed by atoms with Crippen molar-refractivity contribution in [3.05, 3.63) is 40.5 Å². The third-order valence-corrected chi connectivity index (χ3v) is 5.37. The van der Waals surface area contributed by atoms with Crippen LogP contribution in [0.1, 0.15) is 35.1 Å². The Kier molecular flexibility index (Phi) is 4.11. The lowest BCUT2D eigenvalue weighted by Crippen LogP contribution is -2.43. The summed E-state index contributed by atoms with van der Waals surface area (Å²) in [6.07, 6.45) is 5.31. The topological polar surface area (TPSA) is 55.3 Å². The van der Waals surface area contributed by atoms with E-state index in [1.165, 1.54) is 5.01 Å². The van der Waals surface area contributed by atoms with Crippen LogP contribution in [0.3, 0.4) is 0 Å². The van der Waals surface area contributed by atoms with Gasteiger partial charge in [-0.25, -0.2) is 9.97 Å². The zero-order chi connectivity index (χ0) is 15.6. The molecule has 3 heterocycles. The number of hydrogen-bond donors (Lipinski definition) is 0. The molecule has 1 aliphatic rings. The number of amides is 1. The molecule has 116 valence electrons. The molecule has 0 unspecified atom stereocenters. The summed E-state index contributed by atoms with van der Waals surface area (Å²) < 4.78 is 5.02. The maximum absolute atomic E-state index is 12.5. The van der Waals surface area contributed by atoms with Gasteiger partial charge in [0.05, 0.1) is 17.7 Å². The molecule has 1 amide bonds. The third-order valence-electron chi connectivity index (χ3n) is 4.30. The second-order valence-electron chi connectivity index (χ2n) is 5.78. The average molecular weight is 317 g/mol. The van der Waals surface area contributed by atoms with E-state index in [1.54, 1.807) is 36.8 Å². The number of carbonyl (C=O) groups is 1. The molecule has 1 aliphatic heterocycles. The summed E-state index contributed by atoms with van der Waals surface area (Å²) in [5.41, 5.74) is 0.696. The molecule has 22 heavy (non-hydrogen) atoms. The molecule has 0 aliphatic carbocycles. The van der Waals surface area contributed by atoms with Crippen LogP contribution in [-0.4, -0.2) is 41.0 Å². The molecule has 3 rings (SSSR count). The number of rotatable bonds is 3. The van der Waals surface area contributed by atoms with E-state index in [1.807, 2.05) is 16.5 Å². The van der Waals surface area contributed by atoms with Crippen LogP contribution in [0.15, 0.2) is 29.9 Å². The second-order valence-corrected chi connectivity index (χ2v) is 6.67. The van der Waals surface area contributed by atoms with Crippen LogP contribution in [0.2, 0.25) is 0 Å². The van der Waals surface area contributed by atoms with Crippen LogP contribution in [0, 0.1) is 0 Å². The molecule has 0 bridgehead atoms. The minimum atomic E-state index is 0.0383. The monoisotopic (exact) mass is 317 g/mol. The van der Waals surface area contributed by atoms with Gasteiger partial charge < -0.3 is 9.64 Å². The van der Waals surface area contributed by atoms with Crippen molar-refractivity contribution < 1.29 is 9.53 Å². The fourth-order valence-corrected chi connectivity index (χ4v) is 3.61. The van der Waals surface area contributed by atoms with Gasteiger partial charge in [-0.05, 0) is 18.9 Å². The smallest absolute Gasteiger partial charge is 0.255 e. The number of pyridine rings is 1. The van der Waals surface area contributed by atoms with E-state index in [9.17, 15) is 4.79 Å². The van der Waals surface area contributed by atoms with Gasteiger partial charge in [0.15, 0.2) is 0 Å². The van der Waals surface area contributed by atoms with E-state index in [-0.39, 0.29) is 11.3 Å². The van der Waals surface area contributed by atoms with Crippen molar-refractivity contribution in [1.82, 2.24) is 14.9 Å². The molecular weight excluding hydrogens is 298 g/mol. The molecule has 0 atom stereocenters. The van der Waals surface area contributed by atoms with Gasteiger partial charge in [0, 0.05) is 42.3 Å². The Balaban J connectivity index is 1.66. The fraction of sp³-hybridized carbons (Fsp3) is 0.438. The van der Waals surface area contributed by atoms with Crippen molar-refractivity contribution in [2.45, 2.75) is 25.2 Å². The molecule has 0 radical (unpaired) electrons. The average Bonchev–Trinajstić information content (AvgIpc) is 3.10. The van der Waals surface area contributed by atoms with Crippen molar-refractivity contribution >= 4 is 17.2 Å². The van der Waals surface area contributed by atoms with Crippen LogP contribution >= 0.6 is 11.3 Å². The predicted molar refractivity (Wildman–Crippen MR) is 85.4 cm³/mol. The van der Waals surface area contributed by atoms with Gasteiger partial charge in [0.1, 0.15) is 0 Å². The maximum Gasteiger partial charge on any atom is 0.255 e. The number of methoxy groups -OCH3 is 1. The Hall–Kier alpha value is -1.95. The van der Waals surface area contributed by atoms with Gasteiger partial charge in [-0.1, -0.05) is 6.92 Å². The third kappa shape index (κ3) is 2.83. The number of ether oxygens (including phenoxy) is 1. The SMILES string of the molecule is COc1ccc(C(=O)N2CCC(C)(c3nccs3)CC2)cn1. The van der Waals surface area contributed by atoms with Crippen molar-refractivity contribution in [2.75, 3.05) is 20.2 Å². The second kappa shape index (κ2) is 6.04. The number of hydrogen-bond acceptors (Lipinski definition) is 5. The van der Waals surface area contributed by atoms with Gasteiger partial charge >= 0.3 is 0 Å². The Labute approximate surface area is 134 Å². The largest absolute Gasteiger partial charge is 0.481 e. The van der Waals surface area contributed by atoms with Crippen molar-refractivity contribution in [1.29, 1.82) is 0 Å². The molecule has 6 heteroatoms. The van der Waals surface area contributed by atoms with E-state index in [0.717, 1.165) is 25.9 Å². The zero-order valence-electron chi connectivity index (χ0n) is 12.8. The van der Waals surface area contributed by atoms with Crippen LogP contribution in [0.5, 0.6) is 5.88 Å². The molecule has 5 nitrogen and oxygen atoms in total. The van der Waals surface area contributed by atoms with E-state index in [0.29, 0.717) is 11.4 Å².